The number of ether oxygens (including phenoxy) is 1. The second-order valence-corrected chi connectivity index (χ2v) is 10.4. The summed E-state index contributed by atoms with van der Waals surface area (Å²) in [5.41, 5.74) is 4.07. The van der Waals surface area contributed by atoms with Gasteiger partial charge in [0.25, 0.3) is 0 Å². The van der Waals surface area contributed by atoms with Gasteiger partial charge < -0.3 is 4.74 Å². The quantitative estimate of drug-likeness (QED) is 0.362. The Balaban J connectivity index is 1.17. The minimum atomic E-state index is -0.209. The summed E-state index contributed by atoms with van der Waals surface area (Å²) < 4.78 is 5.66. The number of benzene rings is 2. The number of carbonyl (C=O) groups is 1. The molecule has 0 heterocycles. The fraction of sp³-hybridized carbons (Fsp3) is 0.516. The summed E-state index contributed by atoms with van der Waals surface area (Å²) in [7, 11) is 0. The molecule has 0 saturated heterocycles. The highest BCUT2D eigenvalue weighted by atomic mass is 16.5. The van der Waals surface area contributed by atoms with Gasteiger partial charge in [-0.3, -0.25) is 0 Å². The molecule has 0 radical (unpaired) electrons. The van der Waals surface area contributed by atoms with Gasteiger partial charge in [-0.25, -0.2) is 4.79 Å². The van der Waals surface area contributed by atoms with Gasteiger partial charge >= 0.3 is 5.97 Å². The Kier molecular flexibility index (Phi) is 7.15. The number of hydrogen-bond acceptors (Lipinski definition) is 2. The van der Waals surface area contributed by atoms with E-state index < -0.39 is 0 Å². The Morgan fingerprint density at radius 2 is 1.27 bits per heavy atom. The van der Waals surface area contributed by atoms with Gasteiger partial charge in [0.2, 0.25) is 0 Å². The van der Waals surface area contributed by atoms with Gasteiger partial charge in [-0.1, -0.05) is 56.1 Å². The molecule has 2 aromatic rings. The van der Waals surface area contributed by atoms with Crippen molar-refractivity contribution < 1.29 is 9.53 Å². The number of carbonyl (C=O) groups excluding carboxylic acids is 1. The van der Waals surface area contributed by atoms with Crippen LogP contribution in [0.4, 0.5) is 0 Å². The molecule has 3 atom stereocenters. The van der Waals surface area contributed by atoms with Gasteiger partial charge in [0.15, 0.2) is 0 Å². The summed E-state index contributed by atoms with van der Waals surface area (Å²) in [5.74, 6) is 9.01. The van der Waals surface area contributed by atoms with E-state index in [4.69, 9.17) is 4.74 Å². The van der Waals surface area contributed by atoms with Crippen molar-refractivity contribution in [3.05, 3.63) is 70.8 Å². The first-order valence-electron chi connectivity index (χ1n) is 13.2. The Hall–Kier alpha value is -2.53. The largest absolute Gasteiger partial charge is 0.459 e. The summed E-state index contributed by atoms with van der Waals surface area (Å²) in [5, 5.41) is 0. The van der Waals surface area contributed by atoms with Gasteiger partial charge in [0.05, 0.1) is 5.56 Å². The SMILES string of the molecule is O=C(OC1CCCCC1)c1ccc(C#Cc2ccc(C3CCC4CCCCC4C3)cc2)cc1. The first-order chi connectivity index (χ1) is 16.2. The van der Waals surface area contributed by atoms with Gasteiger partial charge in [-0.2, -0.15) is 0 Å². The Bertz CT molecular complexity index is 986. The summed E-state index contributed by atoms with van der Waals surface area (Å²) in [4.78, 5) is 12.4. The zero-order valence-electron chi connectivity index (χ0n) is 19.7. The van der Waals surface area contributed by atoms with E-state index in [-0.39, 0.29) is 12.1 Å². The molecule has 172 valence electrons. The monoisotopic (exact) mass is 440 g/mol. The lowest BCUT2D eigenvalue weighted by atomic mass is 9.66. The molecule has 2 aromatic carbocycles. The summed E-state index contributed by atoms with van der Waals surface area (Å²) in [6.07, 6.45) is 15.6. The third-order valence-electron chi connectivity index (χ3n) is 8.22. The second kappa shape index (κ2) is 10.6. The maximum atomic E-state index is 12.4. The molecule has 0 aromatic heterocycles. The standard InChI is InChI=1S/C31H36O2/c32-31(33-30-8-2-1-3-9-30)27-18-14-24(15-19-27)11-10-23-12-16-26(17-13-23)29-21-20-25-6-4-5-7-28(25)22-29/h12-19,25,28-30H,1-9,20-22H2. The molecule has 0 N–H and O–H groups in total. The Morgan fingerprint density at radius 1 is 0.667 bits per heavy atom. The van der Waals surface area contributed by atoms with Crippen LogP contribution in [0.1, 0.15) is 110 Å². The van der Waals surface area contributed by atoms with E-state index in [1.807, 2.05) is 24.3 Å². The van der Waals surface area contributed by atoms with Crippen LogP contribution in [-0.4, -0.2) is 12.1 Å². The summed E-state index contributed by atoms with van der Waals surface area (Å²) in [6, 6.07) is 16.4. The molecule has 3 aliphatic rings. The predicted octanol–water partition coefficient (Wildman–Crippen LogP) is 7.65. The molecule has 0 bridgehead atoms. The van der Waals surface area contributed by atoms with Crippen molar-refractivity contribution in [2.75, 3.05) is 0 Å². The lowest BCUT2D eigenvalue weighted by molar-refractivity contribution is 0.0211. The highest BCUT2D eigenvalue weighted by molar-refractivity contribution is 5.89. The molecule has 2 nitrogen and oxygen atoms in total. The van der Waals surface area contributed by atoms with Crippen LogP contribution < -0.4 is 0 Å². The second-order valence-electron chi connectivity index (χ2n) is 10.4. The molecular weight excluding hydrogens is 404 g/mol. The Morgan fingerprint density at radius 3 is 1.97 bits per heavy atom. The zero-order valence-corrected chi connectivity index (χ0v) is 19.7. The highest BCUT2D eigenvalue weighted by Gasteiger charge is 2.32. The lowest BCUT2D eigenvalue weighted by Gasteiger charge is -2.39. The van der Waals surface area contributed by atoms with Gasteiger partial charge in [-0.15, -0.1) is 0 Å². The van der Waals surface area contributed by atoms with Crippen LogP contribution in [0.5, 0.6) is 0 Å². The van der Waals surface area contributed by atoms with Crippen molar-refractivity contribution in [3.8, 4) is 11.8 Å². The first-order valence-corrected chi connectivity index (χ1v) is 13.2. The van der Waals surface area contributed by atoms with Crippen LogP contribution in [0.2, 0.25) is 0 Å². The van der Waals surface area contributed by atoms with Crippen LogP contribution in [0, 0.1) is 23.7 Å². The number of fused-ring (bicyclic) bond motifs is 1. The number of rotatable bonds is 3. The van der Waals surface area contributed by atoms with Gasteiger partial charge in [0, 0.05) is 11.1 Å². The predicted molar refractivity (Wildman–Crippen MR) is 133 cm³/mol. The van der Waals surface area contributed by atoms with Crippen molar-refractivity contribution in [2.45, 2.75) is 89.1 Å². The molecule has 2 heteroatoms. The van der Waals surface area contributed by atoms with Crippen LogP contribution in [0.3, 0.4) is 0 Å². The van der Waals surface area contributed by atoms with Gasteiger partial charge in [-0.05, 0) is 105 Å². The van der Waals surface area contributed by atoms with Crippen molar-refractivity contribution in [1.82, 2.24) is 0 Å². The fourth-order valence-electron chi connectivity index (χ4n) is 6.25. The molecule has 0 aliphatic heterocycles. The third-order valence-corrected chi connectivity index (χ3v) is 8.22. The first kappa shape index (κ1) is 22.3. The van der Waals surface area contributed by atoms with E-state index in [1.54, 1.807) is 0 Å². The Labute approximate surface area is 199 Å². The smallest absolute Gasteiger partial charge is 0.338 e. The number of esters is 1. The molecule has 0 amide bonds. The van der Waals surface area contributed by atoms with Crippen LogP contribution in [0.15, 0.2) is 48.5 Å². The lowest BCUT2D eigenvalue weighted by Crippen LogP contribution is -2.26. The minimum absolute atomic E-state index is 0.0893. The minimum Gasteiger partial charge on any atom is -0.459 e. The van der Waals surface area contributed by atoms with Gasteiger partial charge in [0.1, 0.15) is 6.10 Å². The molecular formula is C31H36O2. The molecule has 3 unspecified atom stereocenters. The van der Waals surface area contributed by atoms with Crippen molar-refractivity contribution in [2.24, 2.45) is 11.8 Å². The average Bonchev–Trinajstić information content (AvgIpc) is 2.88. The molecule has 33 heavy (non-hydrogen) atoms. The molecule has 5 rings (SSSR count). The van der Waals surface area contributed by atoms with Crippen LogP contribution in [-0.2, 0) is 4.74 Å². The summed E-state index contributed by atoms with van der Waals surface area (Å²) >= 11 is 0. The normalized spacial score (nSPS) is 25.4. The highest BCUT2D eigenvalue weighted by Crippen LogP contribution is 2.46. The van der Waals surface area contributed by atoms with E-state index in [9.17, 15) is 4.79 Å². The molecule has 3 saturated carbocycles. The molecule has 0 spiro atoms. The van der Waals surface area contributed by atoms with Crippen molar-refractivity contribution in [3.63, 3.8) is 0 Å². The maximum absolute atomic E-state index is 12.4. The van der Waals surface area contributed by atoms with E-state index in [0.717, 1.165) is 54.6 Å². The van der Waals surface area contributed by atoms with Crippen molar-refractivity contribution >= 4 is 5.97 Å². The van der Waals surface area contributed by atoms with E-state index in [1.165, 1.54) is 56.9 Å². The van der Waals surface area contributed by atoms with Crippen LogP contribution in [0.25, 0.3) is 0 Å². The molecule has 3 aliphatic carbocycles. The van der Waals surface area contributed by atoms with E-state index >= 15 is 0 Å². The number of hydrogen-bond donors (Lipinski definition) is 0. The topological polar surface area (TPSA) is 26.3 Å². The van der Waals surface area contributed by atoms with E-state index in [2.05, 4.69) is 36.1 Å². The fourth-order valence-corrected chi connectivity index (χ4v) is 6.25. The van der Waals surface area contributed by atoms with Crippen molar-refractivity contribution in [1.29, 1.82) is 0 Å². The molecule has 3 fully saturated rings. The van der Waals surface area contributed by atoms with E-state index in [0.29, 0.717) is 5.56 Å². The maximum Gasteiger partial charge on any atom is 0.338 e. The average molecular weight is 441 g/mol. The van der Waals surface area contributed by atoms with Crippen LogP contribution >= 0.6 is 0 Å². The third kappa shape index (κ3) is 5.70. The summed E-state index contributed by atoms with van der Waals surface area (Å²) in [6.45, 7) is 0. The zero-order chi connectivity index (χ0) is 22.5.